The summed E-state index contributed by atoms with van der Waals surface area (Å²) in [7, 11) is 1.69. The number of urea groups is 1. The van der Waals surface area contributed by atoms with Crippen molar-refractivity contribution >= 4 is 11.7 Å². The highest BCUT2D eigenvalue weighted by atomic mass is 16.5. The second kappa shape index (κ2) is 10.4. The lowest BCUT2D eigenvalue weighted by molar-refractivity contribution is 0.161. The van der Waals surface area contributed by atoms with Gasteiger partial charge >= 0.3 is 6.03 Å². The Morgan fingerprint density at radius 3 is 2.66 bits per heavy atom. The molecule has 3 aromatic rings. The molecular formula is C27H33N3O2. The van der Waals surface area contributed by atoms with Gasteiger partial charge in [0, 0.05) is 30.2 Å². The van der Waals surface area contributed by atoms with Gasteiger partial charge < -0.3 is 19.5 Å². The van der Waals surface area contributed by atoms with Crippen LogP contribution < -0.4 is 10.1 Å². The first-order valence-electron chi connectivity index (χ1n) is 11.5. The fraction of sp³-hybridized carbons (Fsp3) is 0.370. The molecule has 2 aromatic carbocycles. The van der Waals surface area contributed by atoms with Crippen molar-refractivity contribution < 1.29 is 9.53 Å². The molecule has 4 rings (SSSR count). The molecular weight excluding hydrogens is 398 g/mol. The number of hydrogen-bond acceptors (Lipinski definition) is 2. The number of ether oxygens (including phenoxy) is 1. The molecule has 0 aliphatic heterocycles. The molecule has 1 heterocycles. The van der Waals surface area contributed by atoms with E-state index in [0.717, 1.165) is 42.1 Å². The predicted molar refractivity (Wildman–Crippen MR) is 129 cm³/mol. The molecule has 5 nitrogen and oxygen atoms in total. The largest absolute Gasteiger partial charge is 0.497 e. The summed E-state index contributed by atoms with van der Waals surface area (Å²) in [6, 6.07) is 20.6. The molecule has 1 aromatic heterocycles. The Kier molecular flexibility index (Phi) is 7.15. The zero-order valence-electron chi connectivity index (χ0n) is 19.1. The van der Waals surface area contributed by atoms with E-state index in [1.165, 1.54) is 24.8 Å². The van der Waals surface area contributed by atoms with E-state index < -0.39 is 0 Å². The number of nitrogens with zero attached hydrogens (tertiary/aromatic N) is 2. The van der Waals surface area contributed by atoms with Crippen molar-refractivity contribution in [3.63, 3.8) is 0 Å². The molecule has 32 heavy (non-hydrogen) atoms. The Labute approximate surface area is 191 Å². The molecule has 0 bridgehead atoms. The summed E-state index contributed by atoms with van der Waals surface area (Å²) in [6.45, 7) is 3.39. The summed E-state index contributed by atoms with van der Waals surface area (Å²) in [6.07, 6.45) is 7.85. The monoisotopic (exact) mass is 431 g/mol. The molecule has 2 amide bonds. The number of amides is 2. The fourth-order valence-electron chi connectivity index (χ4n) is 4.57. The number of carbonyl (C=O) groups excluding carboxylic acids is 1. The van der Waals surface area contributed by atoms with Crippen LogP contribution in [0.25, 0.3) is 0 Å². The first kappa shape index (κ1) is 22.0. The minimum Gasteiger partial charge on any atom is -0.497 e. The average Bonchev–Trinajstić information content (AvgIpc) is 3.24. The normalized spacial score (nSPS) is 14.2. The van der Waals surface area contributed by atoms with Crippen molar-refractivity contribution in [2.24, 2.45) is 0 Å². The first-order valence-corrected chi connectivity index (χ1v) is 11.5. The minimum atomic E-state index is -0.0170. The topological polar surface area (TPSA) is 46.5 Å². The van der Waals surface area contributed by atoms with E-state index in [0.29, 0.717) is 6.54 Å². The van der Waals surface area contributed by atoms with Gasteiger partial charge in [-0.1, -0.05) is 43.5 Å². The van der Waals surface area contributed by atoms with Crippen LogP contribution in [0.1, 0.15) is 48.9 Å². The SMILES string of the molecule is COc1cccc(Cn2cccc2CN(C(=O)Nc2cccc(C)c2)C2CCCCC2)c1. The first-order chi connectivity index (χ1) is 15.6. The Balaban J connectivity index is 1.53. The maximum Gasteiger partial charge on any atom is 0.322 e. The summed E-state index contributed by atoms with van der Waals surface area (Å²) < 4.78 is 7.60. The van der Waals surface area contributed by atoms with Gasteiger partial charge in [-0.2, -0.15) is 0 Å². The van der Waals surface area contributed by atoms with Gasteiger partial charge in [-0.05, 0) is 67.3 Å². The summed E-state index contributed by atoms with van der Waals surface area (Å²) in [5.74, 6) is 0.859. The van der Waals surface area contributed by atoms with Gasteiger partial charge in [-0.25, -0.2) is 4.79 Å². The molecule has 1 saturated carbocycles. The highest BCUT2D eigenvalue weighted by molar-refractivity contribution is 5.89. The number of aromatic nitrogens is 1. The molecule has 1 aliphatic carbocycles. The third kappa shape index (κ3) is 5.52. The van der Waals surface area contributed by atoms with Gasteiger partial charge in [0.1, 0.15) is 5.75 Å². The van der Waals surface area contributed by atoms with Crippen LogP contribution in [0.4, 0.5) is 10.5 Å². The number of anilines is 1. The minimum absolute atomic E-state index is 0.0170. The molecule has 1 fully saturated rings. The Hall–Kier alpha value is -3.21. The highest BCUT2D eigenvalue weighted by Gasteiger charge is 2.26. The Morgan fingerprint density at radius 1 is 1.06 bits per heavy atom. The van der Waals surface area contributed by atoms with Crippen LogP contribution in [0.2, 0.25) is 0 Å². The van der Waals surface area contributed by atoms with E-state index >= 15 is 0 Å². The second-order valence-corrected chi connectivity index (χ2v) is 8.70. The van der Waals surface area contributed by atoms with E-state index in [2.05, 4.69) is 40.3 Å². The molecule has 0 spiro atoms. The van der Waals surface area contributed by atoms with Gasteiger partial charge in [-0.15, -0.1) is 0 Å². The van der Waals surface area contributed by atoms with Crippen molar-refractivity contribution in [3.05, 3.63) is 83.7 Å². The van der Waals surface area contributed by atoms with Crippen LogP contribution in [0.5, 0.6) is 5.75 Å². The molecule has 0 unspecified atom stereocenters. The predicted octanol–water partition coefficient (Wildman–Crippen LogP) is 6.22. The van der Waals surface area contributed by atoms with Gasteiger partial charge in [0.25, 0.3) is 0 Å². The Bertz CT molecular complexity index is 1040. The van der Waals surface area contributed by atoms with Crippen molar-refractivity contribution in [1.29, 1.82) is 0 Å². The number of benzene rings is 2. The van der Waals surface area contributed by atoms with Crippen LogP contribution in [-0.2, 0) is 13.1 Å². The lowest BCUT2D eigenvalue weighted by Crippen LogP contribution is -2.43. The third-order valence-electron chi connectivity index (χ3n) is 6.29. The number of carbonyl (C=O) groups is 1. The smallest absolute Gasteiger partial charge is 0.322 e. The fourth-order valence-corrected chi connectivity index (χ4v) is 4.57. The van der Waals surface area contributed by atoms with E-state index in [9.17, 15) is 4.79 Å². The van der Waals surface area contributed by atoms with Gasteiger partial charge in [0.2, 0.25) is 0 Å². The number of methoxy groups -OCH3 is 1. The average molecular weight is 432 g/mol. The van der Waals surface area contributed by atoms with Crippen LogP contribution in [-0.4, -0.2) is 28.6 Å². The molecule has 168 valence electrons. The third-order valence-corrected chi connectivity index (χ3v) is 6.29. The zero-order valence-corrected chi connectivity index (χ0v) is 19.1. The lowest BCUT2D eigenvalue weighted by Gasteiger charge is -2.34. The molecule has 0 saturated heterocycles. The van der Waals surface area contributed by atoms with Crippen LogP contribution in [0, 0.1) is 6.92 Å². The second-order valence-electron chi connectivity index (χ2n) is 8.70. The van der Waals surface area contributed by atoms with E-state index in [1.807, 2.05) is 48.2 Å². The maximum absolute atomic E-state index is 13.4. The van der Waals surface area contributed by atoms with Crippen LogP contribution in [0.3, 0.4) is 0 Å². The van der Waals surface area contributed by atoms with E-state index in [-0.39, 0.29) is 12.1 Å². The lowest BCUT2D eigenvalue weighted by atomic mass is 9.94. The summed E-state index contributed by atoms with van der Waals surface area (Å²) in [5, 5.41) is 3.14. The highest BCUT2D eigenvalue weighted by Crippen LogP contribution is 2.26. The number of aryl methyl sites for hydroxylation is 1. The molecule has 1 N–H and O–H groups in total. The number of hydrogen-bond donors (Lipinski definition) is 1. The summed E-state index contributed by atoms with van der Waals surface area (Å²) in [5.41, 5.74) is 4.30. The van der Waals surface area contributed by atoms with E-state index in [4.69, 9.17) is 4.74 Å². The quantitative estimate of drug-likeness (QED) is 0.483. The van der Waals surface area contributed by atoms with E-state index in [1.54, 1.807) is 7.11 Å². The van der Waals surface area contributed by atoms with Crippen molar-refractivity contribution in [2.75, 3.05) is 12.4 Å². The van der Waals surface area contributed by atoms with Gasteiger partial charge in [-0.3, -0.25) is 0 Å². The number of rotatable bonds is 7. The van der Waals surface area contributed by atoms with Crippen molar-refractivity contribution in [2.45, 2.75) is 58.2 Å². The standard InChI is InChI=1S/C27H33N3O2/c1-21-9-6-11-23(17-21)28-27(31)30(24-12-4-3-5-13-24)20-25-14-8-16-29(25)19-22-10-7-15-26(18-22)32-2/h6-11,14-18,24H,3-5,12-13,19-20H2,1-2H3,(H,28,31). The molecule has 1 aliphatic rings. The molecule has 0 atom stereocenters. The molecule has 5 heteroatoms. The number of nitrogens with one attached hydrogen (secondary N) is 1. The molecule has 0 radical (unpaired) electrons. The zero-order chi connectivity index (χ0) is 22.3. The van der Waals surface area contributed by atoms with Gasteiger partial charge in [0.15, 0.2) is 0 Å². The maximum atomic E-state index is 13.4. The summed E-state index contributed by atoms with van der Waals surface area (Å²) >= 11 is 0. The van der Waals surface area contributed by atoms with Crippen molar-refractivity contribution in [1.82, 2.24) is 9.47 Å². The van der Waals surface area contributed by atoms with Crippen molar-refractivity contribution in [3.8, 4) is 5.75 Å². The van der Waals surface area contributed by atoms with Crippen LogP contribution >= 0.6 is 0 Å². The Morgan fingerprint density at radius 2 is 1.88 bits per heavy atom. The van der Waals surface area contributed by atoms with Crippen LogP contribution in [0.15, 0.2) is 66.9 Å². The van der Waals surface area contributed by atoms with Gasteiger partial charge in [0.05, 0.1) is 13.7 Å². The summed E-state index contributed by atoms with van der Waals surface area (Å²) in [4.78, 5) is 15.4.